The summed E-state index contributed by atoms with van der Waals surface area (Å²) >= 11 is 0. The van der Waals surface area contributed by atoms with Gasteiger partial charge in [0.05, 0.1) is 0 Å². The number of aryl methyl sites for hydroxylation is 1. The molecule has 14 heavy (non-hydrogen) atoms. The minimum absolute atomic E-state index is 0.104. The molecule has 0 saturated heterocycles. The maximum absolute atomic E-state index is 13.0. The molecule has 0 bridgehead atoms. The number of halogens is 2. The molecule has 0 aliphatic carbocycles. The van der Waals surface area contributed by atoms with Crippen LogP contribution in [0.25, 0.3) is 0 Å². The predicted molar refractivity (Wildman–Crippen MR) is 54.8 cm³/mol. The molecule has 1 aromatic carbocycles. The molecular formula is C12H16F2. The fourth-order valence-corrected chi connectivity index (χ4v) is 1.54. The third-order valence-corrected chi connectivity index (χ3v) is 2.41. The van der Waals surface area contributed by atoms with Crippen LogP contribution in [0, 0.1) is 6.92 Å². The summed E-state index contributed by atoms with van der Waals surface area (Å²) in [4.78, 5) is 0. The fourth-order valence-electron chi connectivity index (χ4n) is 1.54. The van der Waals surface area contributed by atoms with Gasteiger partial charge in [0.25, 0.3) is 5.92 Å². The Labute approximate surface area is 84.0 Å². The first-order valence-corrected chi connectivity index (χ1v) is 4.81. The summed E-state index contributed by atoms with van der Waals surface area (Å²) in [5.41, 5.74) is 2.18. The van der Waals surface area contributed by atoms with Gasteiger partial charge in [-0.3, -0.25) is 0 Å². The highest BCUT2D eigenvalue weighted by Gasteiger charge is 2.24. The topological polar surface area (TPSA) is 0 Å². The van der Waals surface area contributed by atoms with E-state index in [0.29, 0.717) is 0 Å². The van der Waals surface area contributed by atoms with Crippen LogP contribution in [-0.2, 0) is 5.92 Å². The highest BCUT2D eigenvalue weighted by molar-refractivity contribution is 5.34. The molecule has 0 aromatic heterocycles. The molecule has 1 aromatic rings. The Kier molecular flexibility index (Phi) is 2.93. The summed E-state index contributed by atoms with van der Waals surface area (Å²) in [5.74, 6) is -2.45. The lowest BCUT2D eigenvalue weighted by Gasteiger charge is -2.15. The molecule has 0 aliphatic heterocycles. The lowest BCUT2D eigenvalue weighted by atomic mass is 9.94. The lowest BCUT2D eigenvalue weighted by molar-refractivity contribution is 0.0174. The van der Waals surface area contributed by atoms with E-state index in [0.717, 1.165) is 18.1 Å². The Morgan fingerprint density at radius 1 is 1.21 bits per heavy atom. The third kappa shape index (κ3) is 2.31. The Morgan fingerprint density at radius 2 is 1.79 bits per heavy atom. The maximum Gasteiger partial charge on any atom is 0.270 e. The average Bonchev–Trinajstić information content (AvgIpc) is 2.02. The van der Waals surface area contributed by atoms with Crippen LogP contribution in [-0.4, -0.2) is 0 Å². The second kappa shape index (κ2) is 3.68. The van der Waals surface area contributed by atoms with E-state index in [-0.39, 0.29) is 11.5 Å². The molecular weight excluding hydrogens is 182 g/mol. The van der Waals surface area contributed by atoms with Crippen LogP contribution < -0.4 is 0 Å². The van der Waals surface area contributed by atoms with Crippen molar-refractivity contribution in [1.82, 2.24) is 0 Å². The lowest BCUT2D eigenvalue weighted by Crippen LogP contribution is -2.08. The van der Waals surface area contributed by atoms with Crippen molar-refractivity contribution in [2.45, 2.75) is 39.5 Å². The normalized spacial score (nSPS) is 12.2. The summed E-state index contributed by atoms with van der Waals surface area (Å²) in [6.45, 7) is 6.91. The summed E-state index contributed by atoms with van der Waals surface area (Å²) in [6, 6.07) is 4.88. The van der Waals surface area contributed by atoms with E-state index < -0.39 is 5.92 Å². The zero-order valence-electron chi connectivity index (χ0n) is 9.07. The second-order valence-electron chi connectivity index (χ2n) is 4.11. The van der Waals surface area contributed by atoms with Gasteiger partial charge in [0.15, 0.2) is 0 Å². The standard InChI is InChI=1S/C12H16F2/c1-8(2)11-7-10(12(4,13)14)6-5-9(11)3/h5-8H,1-4H3. The Hall–Kier alpha value is -0.920. The average molecular weight is 198 g/mol. The van der Waals surface area contributed by atoms with E-state index in [1.165, 1.54) is 6.07 Å². The molecule has 2 heteroatoms. The second-order valence-corrected chi connectivity index (χ2v) is 4.11. The van der Waals surface area contributed by atoms with Crippen LogP contribution in [0.3, 0.4) is 0 Å². The maximum atomic E-state index is 13.0. The molecule has 0 spiro atoms. The van der Waals surface area contributed by atoms with Crippen LogP contribution >= 0.6 is 0 Å². The van der Waals surface area contributed by atoms with Crippen LogP contribution in [0.4, 0.5) is 8.78 Å². The van der Waals surface area contributed by atoms with Gasteiger partial charge in [0.2, 0.25) is 0 Å². The van der Waals surface area contributed by atoms with Gasteiger partial charge in [-0.15, -0.1) is 0 Å². The molecule has 0 aliphatic rings. The highest BCUT2D eigenvalue weighted by Crippen LogP contribution is 2.30. The monoisotopic (exact) mass is 198 g/mol. The number of hydrogen-bond acceptors (Lipinski definition) is 0. The molecule has 1 rings (SSSR count). The Balaban J connectivity index is 3.20. The molecule has 0 N–H and O–H groups in total. The van der Waals surface area contributed by atoms with Gasteiger partial charge in [-0.2, -0.15) is 0 Å². The molecule has 0 saturated carbocycles. The van der Waals surface area contributed by atoms with Crippen molar-refractivity contribution in [2.75, 3.05) is 0 Å². The van der Waals surface area contributed by atoms with Gasteiger partial charge in [-0.25, -0.2) is 8.78 Å². The number of rotatable bonds is 2. The zero-order chi connectivity index (χ0) is 10.9. The van der Waals surface area contributed by atoms with Crippen molar-refractivity contribution in [3.05, 3.63) is 34.9 Å². The van der Waals surface area contributed by atoms with Gasteiger partial charge in [0, 0.05) is 12.5 Å². The summed E-state index contributed by atoms with van der Waals surface area (Å²) < 4.78 is 26.1. The first-order valence-electron chi connectivity index (χ1n) is 4.81. The van der Waals surface area contributed by atoms with Gasteiger partial charge < -0.3 is 0 Å². The molecule has 0 nitrogen and oxygen atoms in total. The van der Waals surface area contributed by atoms with Gasteiger partial charge in [0.1, 0.15) is 0 Å². The van der Waals surface area contributed by atoms with Crippen molar-refractivity contribution in [3.63, 3.8) is 0 Å². The van der Waals surface area contributed by atoms with E-state index in [1.54, 1.807) is 12.1 Å². The third-order valence-electron chi connectivity index (χ3n) is 2.41. The smallest absolute Gasteiger partial charge is 0.202 e. The van der Waals surface area contributed by atoms with Gasteiger partial charge >= 0.3 is 0 Å². The van der Waals surface area contributed by atoms with Crippen molar-refractivity contribution in [3.8, 4) is 0 Å². The Bertz CT molecular complexity index is 322. The van der Waals surface area contributed by atoms with Gasteiger partial charge in [-0.05, 0) is 30.0 Å². The molecule has 0 unspecified atom stereocenters. The largest absolute Gasteiger partial charge is 0.270 e. The number of benzene rings is 1. The van der Waals surface area contributed by atoms with E-state index in [1.807, 2.05) is 20.8 Å². The van der Waals surface area contributed by atoms with Crippen molar-refractivity contribution >= 4 is 0 Å². The SMILES string of the molecule is Cc1ccc(C(C)(F)F)cc1C(C)C. The van der Waals surface area contributed by atoms with Crippen molar-refractivity contribution < 1.29 is 8.78 Å². The Morgan fingerprint density at radius 3 is 2.21 bits per heavy atom. The predicted octanol–water partition coefficient (Wildman–Crippen LogP) is 4.23. The van der Waals surface area contributed by atoms with E-state index >= 15 is 0 Å². The number of hydrogen-bond donors (Lipinski definition) is 0. The van der Waals surface area contributed by atoms with Crippen molar-refractivity contribution in [2.24, 2.45) is 0 Å². The minimum Gasteiger partial charge on any atom is -0.202 e. The summed E-state index contributed by atoms with van der Waals surface area (Å²) in [7, 11) is 0. The van der Waals surface area contributed by atoms with Gasteiger partial charge in [-0.1, -0.05) is 26.0 Å². The molecule has 0 amide bonds. The van der Waals surface area contributed by atoms with Crippen LogP contribution in [0.1, 0.15) is 43.4 Å². The van der Waals surface area contributed by atoms with E-state index in [4.69, 9.17) is 0 Å². The summed E-state index contributed by atoms with van der Waals surface area (Å²) in [5, 5.41) is 0. The van der Waals surface area contributed by atoms with Crippen LogP contribution in [0.2, 0.25) is 0 Å². The number of alkyl halides is 2. The first kappa shape index (κ1) is 11.2. The molecule has 0 fully saturated rings. The van der Waals surface area contributed by atoms with E-state index in [2.05, 4.69) is 0 Å². The highest BCUT2D eigenvalue weighted by atomic mass is 19.3. The quantitative estimate of drug-likeness (QED) is 0.667. The zero-order valence-corrected chi connectivity index (χ0v) is 9.07. The summed E-state index contributed by atoms with van der Waals surface area (Å²) in [6.07, 6.45) is 0. The molecule has 0 radical (unpaired) electrons. The fraction of sp³-hybridized carbons (Fsp3) is 0.500. The minimum atomic E-state index is -2.74. The van der Waals surface area contributed by atoms with Crippen molar-refractivity contribution in [1.29, 1.82) is 0 Å². The van der Waals surface area contributed by atoms with Crippen LogP contribution in [0.15, 0.2) is 18.2 Å². The van der Waals surface area contributed by atoms with Crippen LogP contribution in [0.5, 0.6) is 0 Å². The molecule has 0 atom stereocenters. The molecule has 0 heterocycles. The first-order chi connectivity index (χ1) is 6.32. The van der Waals surface area contributed by atoms with E-state index in [9.17, 15) is 8.78 Å². The molecule has 78 valence electrons.